The van der Waals surface area contributed by atoms with Crippen molar-refractivity contribution >= 4 is 11.9 Å². The molecule has 0 radical (unpaired) electrons. The van der Waals surface area contributed by atoms with Gasteiger partial charge in [-0.05, 0) is 49.3 Å². The second-order valence-corrected chi connectivity index (χ2v) is 10.3. The number of hydrogen-bond donors (Lipinski definition) is 1. The number of aryl methyl sites for hydroxylation is 1. The zero-order valence-corrected chi connectivity index (χ0v) is 20.4. The van der Waals surface area contributed by atoms with Gasteiger partial charge in [0.05, 0.1) is 34.7 Å². The van der Waals surface area contributed by atoms with Crippen molar-refractivity contribution in [3.8, 4) is 6.07 Å². The fraction of sp³-hybridized carbons (Fsp3) is 0.538. The minimum atomic E-state index is -0.757. The number of benzene rings is 1. The molecule has 1 fully saturated rings. The monoisotopic (exact) mass is 482 g/mol. The summed E-state index contributed by atoms with van der Waals surface area (Å²) in [6, 6.07) is 5.39. The Balaban J connectivity index is 1.53. The molecule has 3 heterocycles. The topological polar surface area (TPSA) is 106 Å². The molecule has 4 rings (SSSR count). The van der Waals surface area contributed by atoms with E-state index in [2.05, 4.69) is 5.32 Å². The van der Waals surface area contributed by atoms with Crippen molar-refractivity contribution in [3.63, 3.8) is 0 Å². The van der Waals surface area contributed by atoms with Crippen LogP contribution in [0.1, 0.15) is 71.3 Å². The van der Waals surface area contributed by atoms with Crippen molar-refractivity contribution in [2.75, 3.05) is 26.4 Å². The van der Waals surface area contributed by atoms with Crippen LogP contribution < -0.4 is 5.32 Å². The Kier molecular flexibility index (Phi) is 6.95. The number of hydrogen-bond acceptors (Lipinski definition) is 6. The molecule has 2 aliphatic heterocycles. The highest BCUT2D eigenvalue weighted by atomic mass is 19.1. The Morgan fingerprint density at radius 1 is 1.37 bits per heavy atom. The lowest BCUT2D eigenvalue weighted by Gasteiger charge is -2.36. The fourth-order valence-electron chi connectivity index (χ4n) is 4.83. The van der Waals surface area contributed by atoms with E-state index in [1.807, 2.05) is 25.5 Å². The third kappa shape index (κ3) is 5.22. The van der Waals surface area contributed by atoms with E-state index in [1.165, 1.54) is 12.1 Å². The van der Waals surface area contributed by atoms with Crippen LogP contribution in [-0.2, 0) is 28.9 Å². The molecular weight excluding hydrogens is 451 g/mol. The molecule has 1 saturated heterocycles. The summed E-state index contributed by atoms with van der Waals surface area (Å²) in [4.78, 5) is 25.5. The first-order valence-corrected chi connectivity index (χ1v) is 12.0. The number of rotatable bonds is 6. The van der Waals surface area contributed by atoms with Gasteiger partial charge < -0.3 is 14.8 Å². The van der Waals surface area contributed by atoms with Gasteiger partial charge in [-0.3, -0.25) is 9.48 Å². The van der Waals surface area contributed by atoms with Crippen LogP contribution in [0.2, 0.25) is 0 Å². The molecule has 1 aromatic carbocycles. The summed E-state index contributed by atoms with van der Waals surface area (Å²) in [6.45, 7) is 8.41. The van der Waals surface area contributed by atoms with E-state index < -0.39 is 17.2 Å². The van der Waals surface area contributed by atoms with Gasteiger partial charge in [0.15, 0.2) is 0 Å². The molecule has 0 bridgehead atoms. The number of aromatic nitrogens is 2. The number of amides is 1. The Labute approximate surface area is 204 Å². The molecule has 1 N–H and O–H groups in total. The number of esters is 1. The first-order valence-electron chi connectivity index (χ1n) is 12.0. The van der Waals surface area contributed by atoms with Crippen LogP contribution >= 0.6 is 0 Å². The predicted molar refractivity (Wildman–Crippen MR) is 125 cm³/mol. The van der Waals surface area contributed by atoms with Crippen molar-refractivity contribution in [2.24, 2.45) is 10.8 Å². The highest BCUT2D eigenvalue weighted by molar-refractivity contribution is 5.97. The van der Waals surface area contributed by atoms with Crippen LogP contribution in [-0.4, -0.2) is 48.0 Å². The summed E-state index contributed by atoms with van der Waals surface area (Å²) in [5.41, 5.74) is 1.72. The molecule has 186 valence electrons. The Morgan fingerprint density at radius 2 is 2.11 bits per heavy atom. The van der Waals surface area contributed by atoms with Crippen LogP contribution in [0.15, 0.2) is 18.2 Å². The maximum Gasteiger partial charge on any atom is 0.338 e. The van der Waals surface area contributed by atoms with Crippen LogP contribution in [0.4, 0.5) is 4.39 Å². The van der Waals surface area contributed by atoms with Crippen LogP contribution in [0.5, 0.6) is 0 Å². The van der Waals surface area contributed by atoms with Crippen LogP contribution in [0, 0.1) is 28.0 Å². The minimum Gasteiger partial charge on any atom is -0.461 e. The summed E-state index contributed by atoms with van der Waals surface area (Å²) < 4.78 is 26.9. The Hall–Kier alpha value is -3.25. The van der Waals surface area contributed by atoms with Crippen molar-refractivity contribution in [2.45, 2.75) is 53.0 Å². The predicted octanol–water partition coefficient (Wildman–Crippen LogP) is 3.42. The second kappa shape index (κ2) is 9.78. The quantitative estimate of drug-likeness (QED) is 0.633. The molecular formula is C26H31FN4O4. The van der Waals surface area contributed by atoms with Gasteiger partial charge in [0.2, 0.25) is 0 Å². The second-order valence-electron chi connectivity index (χ2n) is 10.3. The smallest absolute Gasteiger partial charge is 0.338 e. The number of halogens is 1. The highest BCUT2D eigenvalue weighted by Crippen LogP contribution is 2.38. The van der Waals surface area contributed by atoms with Gasteiger partial charge in [0.25, 0.3) is 5.91 Å². The lowest BCUT2D eigenvalue weighted by atomic mass is 9.76. The van der Waals surface area contributed by atoms with E-state index in [9.17, 15) is 14.0 Å². The summed E-state index contributed by atoms with van der Waals surface area (Å²) in [5.74, 6) is -1.50. The van der Waals surface area contributed by atoms with Gasteiger partial charge in [-0.1, -0.05) is 20.8 Å². The van der Waals surface area contributed by atoms with Crippen molar-refractivity contribution in [1.29, 1.82) is 5.26 Å². The lowest BCUT2D eigenvalue weighted by Crippen LogP contribution is -2.41. The average Bonchev–Trinajstić information content (AvgIpc) is 3.10. The van der Waals surface area contributed by atoms with Crippen molar-refractivity contribution in [1.82, 2.24) is 15.1 Å². The Bertz CT molecular complexity index is 1170. The van der Waals surface area contributed by atoms with Gasteiger partial charge >= 0.3 is 5.97 Å². The van der Waals surface area contributed by atoms with Crippen molar-refractivity contribution in [3.05, 3.63) is 52.1 Å². The molecule has 1 aromatic heterocycles. The third-order valence-corrected chi connectivity index (χ3v) is 6.91. The number of nitrogens with one attached hydrogen (secondary N) is 1. The maximum atomic E-state index is 13.9. The zero-order valence-electron chi connectivity index (χ0n) is 20.4. The Morgan fingerprint density at radius 3 is 2.77 bits per heavy atom. The maximum absolute atomic E-state index is 13.9. The van der Waals surface area contributed by atoms with E-state index in [-0.39, 0.29) is 29.1 Å². The molecule has 2 aliphatic rings. The SMILES string of the molecule is CCc1nn(CC(C)(C)COC(=O)c2ccc(C#N)c(F)c2)c2c1C(=O)NCC1(CCOCC1)C2. The summed E-state index contributed by atoms with van der Waals surface area (Å²) in [6.07, 6.45) is 3.12. The number of ether oxygens (including phenoxy) is 2. The molecule has 2 aromatic rings. The number of fused-ring (bicyclic) bond motifs is 1. The number of carbonyl (C=O) groups is 2. The van der Waals surface area contributed by atoms with Gasteiger partial charge in [-0.25, -0.2) is 9.18 Å². The van der Waals surface area contributed by atoms with Crippen molar-refractivity contribution < 1.29 is 23.5 Å². The highest BCUT2D eigenvalue weighted by Gasteiger charge is 2.40. The van der Waals surface area contributed by atoms with Crippen LogP contribution in [0.3, 0.4) is 0 Å². The number of carbonyl (C=O) groups excluding carboxylic acids is 2. The van der Waals surface area contributed by atoms with E-state index >= 15 is 0 Å². The molecule has 0 unspecified atom stereocenters. The molecule has 8 nitrogen and oxygen atoms in total. The lowest BCUT2D eigenvalue weighted by molar-refractivity contribution is 0.0145. The van der Waals surface area contributed by atoms with E-state index in [1.54, 1.807) is 6.07 Å². The van der Waals surface area contributed by atoms with Gasteiger partial charge in [0, 0.05) is 31.7 Å². The number of nitriles is 1. The zero-order chi connectivity index (χ0) is 25.2. The summed E-state index contributed by atoms with van der Waals surface area (Å²) in [7, 11) is 0. The third-order valence-electron chi connectivity index (χ3n) is 6.91. The molecule has 35 heavy (non-hydrogen) atoms. The normalized spacial score (nSPS) is 17.3. The average molecular weight is 483 g/mol. The number of nitrogens with zero attached hydrogens (tertiary/aromatic N) is 3. The summed E-state index contributed by atoms with van der Waals surface area (Å²) >= 11 is 0. The molecule has 0 atom stereocenters. The molecule has 1 amide bonds. The van der Waals surface area contributed by atoms with Gasteiger partial charge in [0.1, 0.15) is 11.9 Å². The summed E-state index contributed by atoms with van der Waals surface area (Å²) in [5, 5.41) is 16.8. The minimum absolute atomic E-state index is 0.0525. The standard InChI is InChI=1S/C26H31FN4O4/c1-4-20-22-21(12-26(14-29-23(22)32)7-9-34-10-8-26)31(30-20)15-25(2,3)16-35-24(33)17-5-6-18(13-28)19(27)11-17/h5-6,11H,4,7-10,12,14-16H2,1-3H3,(H,29,32). The van der Waals surface area contributed by atoms with Crippen LogP contribution in [0.25, 0.3) is 0 Å². The van der Waals surface area contributed by atoms with E-state index in [4.69, 9.17) is 19.8 Å². The van der Waals surface area contributed by atoms with E-state index in [0.29, 0.717) is 38.3 Å². The van der Waals surface area contributed by atoms with E-state index in [0.717, 1.165) is 36.7 Å². The molecule has 9 heteroatoms. The first kappa shape index (κ1) is 24.9. The first-order chi connectivity index (χ1) is 16.7. The van der Waals surface area contributed by atoms with Gasteiger partial charge in [-0.2, -0.15) is 10.4 Å². The molecule has 0 aliphatic carbocycles. The fourth-order valence-corrected chi connectivity index (χ4v) is 4.83. The largest absolute Gasteiger partial charge is 0.461 e. The van der Waals surface area contributed by atoms with Gasteiger partial charge in [-0.15, -0.1) is 0 Å². The molecule has 0 saturated carbocycles. The molecule has 1 spiro atoms.